The maximum absolute atomic E-state index is 13.5. The molecule has 0 spiro atoms. The smallest absolute Gasteiger partial charge is 0.243 e. The van der Waals surface area contributed by atoms with Crippen molar-refractivity contribution in [3.63, 3.8) is 0 Å². The fraction of sp³-hybridized carbons (Fsp3) is 0.375. The molecule has 1 unspecified atom stereocenters. The normalized spacial score (nSPS) is 19.1. The minimum atomic E-state index is -3.73. The molecule has 1 amide bonds. The number of amides is 1. The number of halogens is 1. The summed E-state index contributed by atoms with van der Waals surface area (Å²) in [6.45, 7) is 2.82. The monoisotopic (exact) mass is 484 g/mol. The van der Waals surface area contributed by atoms with Crippen LogP contribution in [0.15, 0.2) is 51.9 Å². The number of aryl methyl sites for hydroxylation is 1. The predicted octanol–water partition coefficient (Wildman–Crippen LogP) is 3.74. The lowest BCUT2D eigenvalue weighted by Gasteiger charge is -2.31. The number of carbonyl (C=O) groups is 1. The van der Waals surface area contributed by atoms with E-state index in [1.54, 1.807) is 35.2 Å². The molecule has 34 heavy (non-hydrogen) atoms. The molecule has 2 aromatic carbocycles. The molecule has 5 rings (SSSR count). The molecule has 0 radical (unpaired) electrons. The molecule has 0 aliphatic carbocycles. The van der Waals surface area contributed by atoms with Gasteiger partial charge < -0.3 is 9.42 Å². The second-order valence-corrected chi connectivity index (χ2v) is 10.7. The summed E-state index contributed by atoms with van der Waals surface area (Å²) in [4.78, 5) is 18.3. The van der Waals surface area contributed by atoms with Gasteiger partial charge in [-0.05, 0) is 73.7 Å². The largest absolute Gasteiger partial charge is 0.339 e. The second kappa shape index (κ2) is 8.92. The summed E-state index contributed by atoms with van der Waals surface area (Å²) in [6.07, 6.45) is 2.94. The lowest BCUT2D eigenvalue weighted by atomic mass is 10.00. The average molecular weight is 485 g/mol. The van der Waals surface area contributed by atoms with Gasteiger partial charge in [-0.25, -0.2) is 12.8 Å². The zero-order valence-corrected chi connectivity index (χ0v) is 19.6. The first-order chi connectivity index (χ1) is 16.3. The van der Waals surface area contributed by atoms with Gasteiger partial charge >= 0.3 is 0 Å². The molecule has 2 aliphatic rings. The third kappa shape index (κ3) is 4.23. The molecule has 1 atom stereocenters. The minimum Gasteiger partial charge on any atom is -0.339 e. The highest BCUT2D eigenvalue weighted by Crippen LogP contribution is 2.34. The molecule has 3 aromatic rings. The van der Waals surface area contributed by atoms with Crippen LogP contribution in [0.2, 0.25) is 0 Å². The maximum atomic E-state index is 13.5. The third-order valence-electron chi connectivity index (χ3n) is 6.46. The van der Waals surface area contributed by atoms with E-state index in [2.05, 4.69) is 10.1 Å². The first kappa shape index (κ1) is 22.7. The van der Waals surface area contributed by atoms with Gasteiger partial charge in [0.15, 0.2) is 0 Å². The van der Waals surface area contributed by atoms with Gasteiger partial charge in [0.05, 0.1) is 10.8 Å². The van der Waals surface area contributed by atoms with Crippen molar-refractivity contribution >= 4 is 21.6 Å². The fourth-order valence-electron chi connectivity index (χ4n) is 4.69. The maximum Gasteiger partial charge on any atom is 0.243 e. The van der Waals surface area contributed by atoms with Crippen LogP contribution in [0.4, 0.5) is 10.1 Å². The summed E-state index contributed by atoms with van der Waals surface area (Å²) in [5.74, 6) is 0.101. The second-order valence-electron chi connectivity index (χ2n) is 8.73. The van der Waals surface area contributed by atoms with Crippen LogP contribution in [-0.4, -0.2) is 48.4 Å². The zero-order chi connectivity index (χ0) is 23.9. The molecule has 1 aromatic heterocycles. The summed E-state index contributed by atoms with van der Waals surface area (Å²) >= 11 is 0. The number of fused-ring (bicyclic) bond motifs is 1. The van der Waals surface area contributed by atoms with E-state index < -0.39 is 10.0 Å². The Morgan fingerprint density at radius 1 is 1.12 bits per heavy atom. The van der Waals surface area contributed by atoms with Crippen LogP contribution in [0.1, 0.15) is 43.6 Å². The van der Waals surface area contributed by atoms with E-state index in [1.165, 1.54) is 23.4 Å². The lowest BCUT2D eigenvalue weighted by Crippen LogP contribution is -2.39. The van der Waals surface area contributed by atoms with Crippen molar-refractivity contribution in [1.82, 2.24) is 14.4 Å². The molecule has 0 saturated carbocycles. The fourth-order valence-corrected chi connectivity index (χ4v) is 6.26. The van der Waals surface area contributed by atoms with Crippen molar-refractivity contribution in [1.29, 1.82) is 0 Å². The van der Waals surface area contributed by atoms with E-state index >= 15 is 0 Å². The SMILES string of the molecule is CC(=O)N1CCCc2cc(S(=O)(=O)N3CCCC(c4nc(-c5ccc(F)cc5)no4)C3)ccc21. The van der Waals surface area contributed by atoms with Crippen LogP contribution in [-0.2, 0) is 21.2 Å². The van der Waals surface area contributed by atoms with Gasteiger partial charge in [0.1, 0.15) is 5.82 Å². The van der Waals surface area contributed by atoms with Gasteiger partial charge in [-0.15, -0.1) is 0 Å². The van der Waals surface area contributed by atoms with Gasteiger partial charge in [-0.2, -0.15) is 9.29 Å². The number of hydrogen-bond donors (Lipinski definition) is 0. The molecule has 3 heterocycles. The highest BCUT2D eigenvalue weighted by atomic mass is 32.2. The van der Waals surface area contributed by atoms with Crippen molar-refractivity contribution < 1.29 is 22.1 Å². The predicted molar refractivity (Wildman–Crippen MR) is 123 cm³/mol. The number of aromatic nitrogens is 2. The Kier molecular flexibility index (Phi) is 5.95. The Balaban J connectivity index is 1.36. The quantitative estimate of drug-likeness (QED) is 0.560. The van der Waals surface area contributed by atoms with Gasteiger partial charge in [0.25, 0.3) is 0 Å². The van der Waals surface area contributed by atoms with E-state index in [1.807, 2.05) is 0 Å². The summed E-state index contributed by atoms with van der Waals surface area (Å²) in [5.41, 5.74) is 2.29. The van der Waals surface area contributed by atoms with Gasteiger partial charge in [0, 0.05) is 37.8 Å². The summed E-state index contributed by atoms with van der Waals surface area (Å²) in [7, 11) is -3.73. The summed E-state index contributed by atoms with van der Waals surface area (Å²) in [6, 6.07) is 10.8. The molecule has 1 saturated heterocycles. The molecule has 2 aliphatic heterocycles. The highest BCUT2D eigenvalue weighted by Gasteiger charge is 2.34. The third-order valence-corrected chi connectivity index (χ3v) is 8.33. The molecule has 10 heteroatoms. The van der Waals surface area contributed by atoms with E-state index in [0.29, 0.717) is 36.8 Å². The van der Waals surface area contributed by atoms with E-state index in [4.69, 9.17) is 4.52 Å². The van der Waals surface area contributed by atoms with Crippen LogP contribution in [0.5, 0.6) is 0 Å². The molecular formula is C24H25FN4O4S. The van der Waals surface area contributed by atoms with Crippen LogP contribution < -0.4 is 4.90 Å². The van der Waals surface area contributed by atoms with E-state index in [-0.39, 0.29) is 29.1 Å². The van der Waals surface area contributed by atoms with Crippen LogP contribution >= 0.6 is 0 Å². The number of sulfonamides is 1. The van der Waals surface area contributed by atoms with Gasteiger partial charge in [-0.1, -0.05) is 5.16 Å². The molecule has 1 fully saturated rings. The number of nitrogens with zero attached hydrogens (tertiary/aromatic N) is 4. The lowest BCUT2D eigenvalue weighted by molar-refractivity contribution is -0.116. The van der Waals surface area contributed by atoms with Crippen molar-refractivity contribution in [2.75, 3.05) is 24.5 Å². The number of benzene rings is 2. The summed E-state index contributed by atoms with van der Waals surface area (Å²) in [5, 5.41) is 4.00. The zero-order valence-electron chi connectivity index (χ0n) is 18.8. The molecule has 0 N–H and O–H groups in total. The highest BCUT2D eigenvalue weighted by molar-refractivity contribution is 7.89. The minimum absolute atomic E-state index is 0.0463. The number of carbonyl (C=O) groups excluding carboxylic acids is 1. The standard InChI is InChI=1S/C24H25FN4O4S/c1-16(30)29-13-3-4-18-14-21(10-11-22(18)29)34(31,32)28-12-2-5-19(15-28)24-26-23(27-33-24)17-6-8-20(25)9-7-17/h6-11,14,19H,2-5,12-13,15H2,1H3. The van der Waals surface area contributed by atoms with Crippen molar-refractivity contribution in [2.45, 2.75) is 43.4 Å². The topological polar surface area (TPSA) is 96.6 Å². The Bertz CT molecular complexity index is 1320. The number of rotatable bonds is 4. The Morgan fingerprint density at radius 2 is 1.91 bits per heavy atom. The Labute approximate surface area is 197 Å². The Hall–Kier alpha value is -3.11. The first-order valence-corrected chi connectivity index (χ1v) is 12.8. The number of hydrogen-bond acceptors (Lipinski definition) is 6. The number of anilines is 1. The molecule has 0 bridgehead atoms. The van der Waals surface area contributed by atoms with Gasteiger partial charge in [-0.3, -0.25) is 4.79 Å². The van der Waals surface area contributed by atoms with Crippen LogP contribution in [0.3, 0.4) is 0 Å². The van der Waals surface area contributed by atoms with E-state index in [0.717, 1.165) is 30.5 Å². The van der Waals surface area contributed by atoms with Gasteiger partial charge in [0.2, 0.25) is 27.6 Å². The van der Waals surface area contributed by atoms with Crippen LogP contribution in [0, 0.1) is 5.82 Å². The molecule has 178 valence electrons. The van der Waals surface area contributed by atoms with E-state index in [9.17, 15) is 17.6 Å². The van der Waals surface area contributed by atoms with Crippen LogP contribution in [0.25, 0.3) is 11.4 Å². The van der Waals surface area contributed by atoms with Crippen molar-refractivity contribution in [2.24, 2.45) is 0 Å². The average Bonchev–Trinajstić information content (AvgIpc) is 3.34. The molecule has 8 nitrogen and oxygen atoms in total. The number of piperidine rings is 1. The van der Waals surface area contributed by atoms with Crippen molar-refractivity contribution in [3.05, 3.63) is 59.7 Å². The Morgan fingerprint density at radius 3 is 2.68 bits per heavy atom. The molecular weight excluding hydrogens is 459 g/mol. The first-order valence-electron chi connectivity index (χ1n) is 11.3. The van der Waals surface area contributed by atoms with Crippen molar-refractivity contribution in [3.8, 4) is 11.4 Å². The summed E-state index contributed by atoms with van der Waals surface area (Å²) < 4.78 is 47.0.